The Hall–Kier alpha value is -3.64. The standard InChI is InChI=1S/C32H36N4OS/c1-6-10-23-11-7-8-12-24(23)13-9-22-38-31-35-34-29(36(31)5)25-16-20-28(21-17-25)33-30(37)26-14-18-27(19-15-26)32(2,3)4/h6-8,11-12,14-21H,1,9-10,13,22H2,2-5H3,(H,33,37). The molecule has 0 radical (unpaired) electrons. The first-order valence-electron chi connectivity index (χ1n) is 13.0. The molecule has 6 heteroatoms. The van der Waals surface area contributed by atoms with E-state index in [0.29, 0.717) is 5.56 Å². The molecule has 4 aromatic rings. The van der Waals surface area contributed by atoms with Crippen LogP contribution < -0.4 is 5.32 Å². The molecule has 0 fully saturated rings. The van der Waals surface area contributed by atoms with Crippen molar-refractivity contribution in [2.75, 3.05) is 11.1 Å². The average Bonchev–Trinajstić information content (AvgIpc) is 3.27. The van der Waals surface area contributed by atoms with Crippen molar-refractivity contribution in [1.82, 2.24) is 14.8 Å². The third-order valence-corrected chi connectivity index (χ3v) is 7.66. The van der Waals surface area contributed by atoms with E-state index in [1.54, 1.807) is 11.8 Å². The first-order valence-corrected chi connectivity index (χ1v) is 14.0. The molecular weight excluding hydrogens is 488 g/mol. The summed E-state index contributed by atoms with van der Waals surface area (Å²) in [5, 5.41) is 12.7. The number of hydrogen-bond donors (Lipinski definition) is 1. The van der Waals surface area contributed by atoms with Gasteiger partial charge in [0.25, 0.3) is 5.91 Å². The third-order valence-electron chi connectivity index (χ3n) is 6.55. The lowest BCUT2D eigenvalue weighted by molar-refractivity contribution is 0.102. The lowest BCUT2D eigenvalue weighted by atomic mass is 9.87. The fraction of sp³-hybridized carbons (Fsp3) is 0.281. The number of nitrogens with one attached hydrogen (secondary N) is 1. The summed E-state index contributed by atoms with van der Waals surface area (Å²) in [5.41, 5.74) is 6.34. The Morgan fingerprint density at radius 2 is 1.66 bits per heavy atom. The number of carbonyl (C=O) groups excluding carboxylic acids is 1. The van der Waals surface area contributed by atoms with Crippen LogP contribution in [0.2, 0.25) is 0 Å². The summed E-state index contributed by atoms with van der Waals surface area (Å²) >= 11 is 1.72. The van der Waals surface area contributed by atoms with Crippen LogP contribution in [0.25, 0.3) is 11.4 Å². The second kappa shape index (κ2) is 12.3. The number of allylic oxidation sites excluding steroid dienone is 1. The van der Waals surface area contributed by atoms with Gasteiger partial charge in [-0.05, 0) is 77.8 Å². The van der Waals surface area contributed by atoms with E-state index in [0.717, 1.165) is 47.2 Å². The maximum atomic E-state index is 12.7. The number of benzene rings is 3. The number of thioether (sulfide) groups is 1. The molecule has 0 aliphatic carbocycles. The number of aromatic nitrogens is 3. The first-order chi connectivity index (χ1) is 18.3. The third kappa shape index (κ3) is 6.81. The fourth-order valence-corrected chi connectivity index (χ4v) is 5.15. The predicted molar refractivity (Wildman–Crippen MR) is 159 cm³/mol. The summed E-state index contributed by atoms with van der Waals surface area (Å²) in [4.78, 5) is 12.7. The summed E-state index contributed by atoms with van der Waals surface area (Å²) in [6.45, 7) is 10.4. The maximum Gasteiger partial charge on any atom is 0.255 e. The Balaban J connectivity index is 1.33. The largest absolute Gasteiger partial charge is 0.322 e. The van der Waals surface area contributed by atoms with Gasteiger partial charge in [0.15, 0.2) is 11.0 Å². The Morgan fingerprint density at radius 1 is 0.974 bits per heavy atom. The van der Waals surface area contributed by atoms with E-state index >= 15 is 0 Å². The SMILES string of the molecule is C=CCc1ccccc1CCCSc1nnc(-c2ccc(NC(=O)c3ccc(C(C)(C)C)cc3)cc2)n1C. The number of rotatable bonds is 10. The Labute approximate surface area is 230 Å². The molecule has 0 aliphatic heterocycles. The van der Waals surface area contributed by atoms with Gasteiger partial charge in [-0.2, -0.15) is 0 Å². The van der Waals surface area contributed by atoms with Crippen LogP contribution in [0.15, 0.2) is 90.6 Å². The van der Waals surface area contributed by atoms with Gasteiger partial charge in [0.2, 0.25) is 0 Å². The van der Waals surface area contributed by atoms with E-state index in [1.807, 2.05) is 66.2 Å². The molecule has 0 aliphatic rings. The average molecular weight is 525 g/mol. The van der Waals surface area contributed by atoms with Crippen molar-refractivity contribution >= 4 is 23.4 Å². The summed E-state index contributed by atoms with van der Waals surface area (Å²) in [6.07, 6.45) is 4.97. The van der Waals surface area contributed by atoms with Crippen molar-refractivity contribution in [3.05, 3.63) is 108 Å². The van der Waals surface area contributed by atoms with E-state index in [9.17, 15) is 4.79 Å². The van der Waals surface area contributed by atoms with Gasteiger partial charge in [-0.1, -0.05) is 75.0 Å². The Bertz CT molecular complexity index is 1380. The van der Waals surface area contributed by atoms with Crippen molar-refractivity contribution in [3.63, 3.8) is 0 Å². The molecule has 0 unspecified atom stereocenters. The number of amides is 1. The van der Waals surface area contributed by atoms with E-state index in [2.05, 4.69) is 67.1 Å². The van der Waals surface area contributed by atoms with Crippen LogP contribution in [0.1, 0.15) is 54.2 Å². The number of carbonyl (C=O) groups is 1. The van der Waals surface area contributed by atoms with Crippen LogP contribution in [0.4, 0.5) is 5.69 Å². The fourth-order valence-electron chi connectivity index (χ4n) is 4.30. The summed E-state index contributed by atoms with van der Waals surface area (Å²) in [7, 11) is 1.99. The second-order valence-corrected chi connectivity index (χ2v) is 11.5. The second-order valence-electron chi connectivity index (χ2n) is 10.4. The summed E-state index contributed by atoms with van der Waals surface area (Å²) < 4.78 is 2.03. The normalized spacial score (nSPS) is 11.4. The van der Waals surface area contributed by atoms with Crippen LogP contribution in [0.5, 0.6) is 0 Å². The van der Waals surface area contributed by atoms with Crippen molar-refractivity contribution < 1.29 is 4.79 Å². The topological polar surface area (TPSA) is 59.8 Å². The molecule has 4 rings (SSSR count). The zero-order valence-corrected chi connectivity index (χ0v) is 23.5. The minimum atomic E-state index is -0.123. The van der Waals surface area contributed by atoms with Crippen molar-refractivity contribution in [2.45, 2.75) is 50.6 Å². The number of aryl methyl sites for hydroxylation is 1. The molecule has 5 nitrogen and oxygen atoms in total. The zero-order chi connectivity index (χ0) is 27.1. The maximum absolute atomic E-state index is 12.7. The number of nitrogens with zero attached hydrogens (tertiary/aromatic N) is 3. The van der Waals surface area contributed by atoms with Crippen LogP contribution in [-0.4, -0.2) is 26.4 Å². The van der Waals surface area contributed by atoms with Crippen molar-refractivity contribution in [2.24, 2.45) is 7.05 Å². The predicted octanol–water partition coefficient (Wildman–Crippen LogP) is 7.49. The lowest BCUT2D eigenvalue weighted by Crippen LogP contribution is -2.14. The van der Waals surface area contributed by atoms with Crippen molar-refractivity contribution in [1.29, 1.82) is 0 Å². The highest BCUT2D eigenvalue weighted by molar-refractivity contribution is 7.99. The Kier molecular flexibility index (Phi) is 8.85. The highest BCUT2D eigenvalue weighted by atomic mass is 32.2. The van der Waals surface area contributed by atoms with Gasteiger partial charge in [0.05, 0.1) is 0 Å². The quantitative estimate of drug-likeness (QED) is 0.133. The minimum absolute atomic E-state index is 0.0561. The van der Waals surface area contributed by atoms with Crippen LogP contribution in [-0.2, 0) is 25.3 Å². The molecule has 1 heterocycles. The minimum Gasteiger partial charge on any atom is -0.322 e. The molecule has 196 valence electrons. The molecule has 0 saturated heterocycles. The summed E-state index contributed by atoms with van der Waals surface area (Å²) in [6, 6.07) is 24.1. The van der Waals surface area contributed by atoms with Gasteiger partial charge >= 0.3 is 0 Å². The number of hydrogen-bond acceptors (Lipinski definition) is 4. The number of anilines is 1. The van der Waals surface area contributed by atoms with E-state index in [-0.39, 0.29) is 11.3 Å². The Morgan fingerprint density at radius 3 is 2.32 bits per heavy atom. The van der Waals surface area contributed by atoms with Gasteiger partial charge in [-0.3, -0.25) is 4.79 Å². The molecule has 0 saturated carbocycles. The highest BCUT2D eigenvalue weighted by Crippen LogP contribution is 2.26. The molecule has 1 amide bonds. The van der Waals surface area contributed by atoms with Gasteiger partial charge in [-0.25, -0.2) is 0 Å². The molecule has 0 atom stereocenters. The van der Waals surface area contributed by atoms with Crippen LogP contribution in [0.3, 0.4) is 0 Å². The smallest absolute Gasteiger partial charge is 0.255 e. The highest BCUT2D eigenvalue weighted by Gasteiger charge is 2.15. The van der Waals surface area contributed by atoms with Gasteiger partial charge in [0.1, 0.15) is 0 Å². The van der Waals surface area contributed by atoms with E-state index < -0.39 is 0 Å². The van der Waals surface area contributed by atoms with E-state index in [4.69, 9.17) is 0 Å². The zero-order valence-electron chi connectivity index (χ0n) is 22.7. The molecule has 38 heavy (non-hydrogen) atoms. The monoisotopic (exact) mass is 524 g/mol. The van der Waals surface area contributed by atoms with E-state index in [1.165, 1.54) is 16.7 Å². The van der Waals surface area contributed by atoms with Crippen LogP contribution in [0, 0.1) is 0 Å². The van der Waals surface area contributed by atoms with Crippen molar-refractivity contribution in [3.8, 4) is 11.4 Å². The van der Waals surface area contributed by atoms with Crippen LogP contribution >= 0.6 is 11.8 Å². The van der Waals surface area contributed by atoms with Gasteiger partial charge < -0.3 is 9.88 Å². The first kappa shape index (κ1) is 27.4. The molecular formula is C32H36N4OS. The molecule has 0 spiro atoms. The van der Waals surface area contributed by atoms with Gasteiger partial charge in [-0.15, -0.1) is 16.8 Å². The molecule has 3 aromatic carbocycles. The lowest BCUT2D eigenvalue weighted by Gasteiger charge is -2.19. The summed E-state index contributed by atoms with van der Waals surface area (Å²) in [5.74, 6) is 1.65. The molecule has 0 bridgehead atoms. The van der Waals surface area contributed by atoms with Gasteiger partial charge in [0, 0.05) is 29.6 Å². The molecule has 1 aromatic heterocycles. The molecule has 1 N–H and O–H groups in total.